The molecular formula is C18H19N5O6. The Labute approximate surface area is 165 Å². The molecule has 0 radical (unpaired) electrons. The van der Waals surface area contributed by atoms with E-state index < -0.39 is 23.8 Å². The number of methoxy groups -OCH3 is 2. The molecule has 2 N–H and O–H groups in total. The maximum Gasteiger partial charge on any atom is 0.337 e. The van der Waals surface area contributed by atoms with Crippen LogP contribution in [0.4, 0.5) is 11.6 Å². The number of carbonyl (C=O) groups excluding carboxylic acids is 4. The Kier molecular flexibility index (Phi) is 5.57. The summed E-state index contributed by atoms with van der Waals surface area (Å²) in [7, 11) is 2.40. The molecule has 0 fully saturated rings. The molecule has 1 aromatic heterocycles. The van der Waals surface area contributed by atoms with Gasteiger partial charge in [-0.15, -0.1) is 0 Å². The third-order valence-corrected chi connectivity index (χ3v) is 4.27. The Morgan fingerprint density at radius 3 is 2.38 bits per heavy atom. The van der Waals surface area contributed by atoms with Gasteiger partial charge in [-0.05, 0) is 25.1 Å². The molecule has 2 amide bonds. The first-order chi connectivity index (χ1) is 13.8. The summed E-state index contributed by atoms with van der Waals surface area (Å²) < 4.78 is 10.9. The van der Waals surface area contributed by atoms with Crippen LogP contribution in [0, 0.1) is 12.8 Å². The summed E-state index contributed by atoms with van der Waals surface area (Å²) in [5.74, 6) is -1.94. The zero-order valence-corrected chi connectivity index (χ0v) is 16.0. The van der Waals surface area contributed by atoms with Crippen molar-refractivity contribution >= 4 is 35.4 Å². The summed E-state index contributed by atoms with van der Waals surface area (Å²) in [6.07, 6.45) is -0.125. The molecule has 0 aliphatic carbocycles. The molecule has 1 aliphatic rings. The normalized spacial score (nSPS) is 15.1. The molecule has 0 spiro atoms. The lowest BCUT2D eigenvalue weighted by atomic mass is 10.0. The van der Waals surface area contributed by atoms with E-state index in [1.165, 1.54) is 37.1 Å². The number of ether oxygens (including phenoxy) is 2. The third kappa shape index (κ3) is 4.39. The monoisotopic (exact) mass is 401 g/mol. The number of hydrogen-bond acceptors (Lipinski definition) is 8. The van der Waals surface area contributed by atoms with Crippen LogP contribution < -0.4 is 10.6 Å². The second kappa shape index (κ2) is 8.09. The molecule has 11 nitrogen and oxygen atoms in total. The summed E-state index contributed by atoms with van der Waals surface area (Å²) in [5.41, 5.74) is 0.347. The van der Waals surface area contributed by atoms with Gasteiger partial charge in [-0.1, -0.05) is 0 Å². The SMILES string of the molecule is COC(=O)c1cc(NC(=O)C[C@H]2Cn3nc(C)nc3NC2=O)cc(C(=O)OC)c1. The van der Waals surface area contributed by atoms with E-state index in [9.17, 15) is 19.2 Å². The van der Waals surface area contributed by atoms with Gasteiger partial charge in [0.05, 0.1) is 37.8 Å². The molecular weight excluding hydrogens is 382 g/mol. The maximum absolute atomic E-state index is 12.5. The Morgan fingerprint density at radius 2 is 1.79 bits per heavy atom. The van der Waals surface area contributed by atoms with Gasteiger partial charge in [0.1, 0.15) is 5.82 Å². The number of esters is 2. The number of carbonyl (C=O) groups is 4. The number of aryl methyl sites for hydroxylation is 1. The first kappa shape index (κ1) is 20.0. The molecule has 2 heterocycles. The summed E-state index contributed by atoms with van der Waals surface area (Å²) >= 11 is 0. The van der Waals surface area contributed by atoms with Gasteiger partial charge in [0.25, 0.3) is 0 Å². The summed E-state index contributed by atoms with van der Waals surface area (Å²) in [5, 5.41) is 9.37. The zero-order valence-electron chi connectivity index (χ0n) is 16.0. The lowest BCUT2D eigenvalue weighted by molar-refractivity contribution is -0.125. The number of benzene rings is 1. The van der Waals surface area contributed by atoms with Crippen LogP contribution >= 0.6 is 0 Å². The van der Waals surface area contributed by atoms with Gasteiger partial charge in [-0.25, -0.2) is 14.3 Å². The summed E-state index contributed by atoms with van der Waals surface area (Å²) in [4.78, 5) is 52.5. The minimum Gasteiger partial charge on any atom is -0.465 e. The minimum absolute atomic E-state index is 0.0730. The third-order valence-electron chi connectivity index (χ3n) is 4.27. The van der Waals surface area contributed by atoms with E-state index in [0.29, 0.717) is 11.8 Å². The fourth-order valence-corrected chi connectivity index (χ4v) is 2.94. The summed E-state index contributed by atoms with van der Waals surface area (Å²) in [6.45, 7) is 1.91. The van der Waals surface area contributed by atoms with E-state index in [1.54, 1.807) is 6.92 Å². The van der Waals surface area contributed by atoms with Gasteiger partial charge in [0.15, 0.2) is 0 Å². The van der Waals surface area contributed by atoms with Crippen molar-refractivity contribution in [2.75, 3.05) is 24.9 Å². The number of anilines is 2. The van der Waals surface area contributed by atoms with Crippen LogP contribution in [0.15, 0.2) is 18.2 Å². The van der Waals surface area contributed by atoms with Crippen LogP contribution in [0.1, 0.15) is 33.0 Å². The Hall–Kier alpha value is -3.76. The lowest BCUT2D eigenvalue weighted by Gasteiger charge is -2.21. The second-order valence-electron chi connectivity index (χ2n) is 6.39. The van der Waals surface area contributed by atoms with Crippen molar-refractivity contribution in [3.05, 3.63) is 35.2 Å². The van der Waals surface area contributed by atoms with Gasteiger partial charge < -0.3 is 14.8 Å². The first-order valence-electron chi connectivity index (χ1n) is 8.64. The highest BCUT2D eigenvalue weighted by Gasteiger charge is 2.30. The maximum atomic E-state index is 12.5. The number of fused-ring (bicyclic) bond motifs is 1. The minimum atomic E-state index is -0.674. The highest BCUT2D eigenvalue weighted by atomic mass is 16.5. The van der Waals surface area contributed by atoms with Gasteiger partial charge in [-0.3, -0.25) is 14.9 Å². The predicted molar refractivity (Wildman–Crippen MR) is 99.2 cm³/mol. The average molecular weight is 401 g/mol. The van der Waals surface area contributed by atoms with E-state index in [-0.39, 0.29) is 35.7 Å². The zero-order chi connectivity index (χ0) is 21.1. The molecule has 1 aromatic carbocycles. The molecule has 0 unspecified atom stereocenters. The molecule has 1 atom stereocenters. The fourth-order valence-electron chi connectivity index (χ4n) is 2.94. The number of rotatable bonds is 5. The van der Waals surface area contributed by atoms with E-state index in [0.717, 1.165) is 0 Å². The van der Waals surface area contributed by atoms with Gasteiger partial charge in [0.2, 0.25) is 17.8 Å². The molecule has 0 bridgehead atoms. The number of nitrogens with one attached hydrogen (secondary N) is 2. The van der Waals surface area contributed by atoms with Crippen molar-refractivity contribution in [2.24, 2.45) is 5.92 Å². The highest BCUT2D eigenvalue weighted by Crippen LogP contribution is 2.21. The van der Waals surface area contributed by atoms with Crippen LogP contribution in [0.25, 0.3) is 0 Å². The van der Waals surface area contributed by atoms with Crippen LogP contribution in [-0.2, 0) is 25.6 Å². The van der Waals surface area contributed by atoms with Crippen LogP contribution in [0.2, 0.25) is 0 Å². The van der Waals surface area contributed by atoms with Gasteiger partial charge >= 0.3 is 11.9 Å². The molecule has 152 valence electrons. The van der Waals surface area contributed by atoms with E-state index in [4.69, 9.17) is 0 Å². The Balaban J connectivity index is 1.75. The largest absolute Gasteiger partial charge is 0.465 e. The predicted octanol–water partition coefficient (Wildman–Crippen LogP) is 0.757. The van der Waals surface area contributed by atoms with Crippen molar-refractivity contribution in [2.45, 2.75) is 19.9 Å². The molecule has 3 rings (SSSR count). The number of aromatic nitrogens is 3. The second-order valence-corrected chi connectivity index (χ2v) is 6.39. The average Bonchev–Trinajstić information content (AvgIpc) is 3.05. The van der Waals surface area contributed by atoms with Crippen LogP contribution in [-0.4, -0.2) is 52.7 Å². The molecule has 29 heavy (non-hydrogen) atoms. The Morgan fingerprint density at radius 1 is 1.17 bits per heavy atom. The van der Waals surface area contributed by atoms with Crippen LogP contribution in [0.3, 0.4) is 0 Å². The number of amides is 2. The molecule has 11 heteroatoms. The molecule has 1 aliphatic heterocycles. The van der Waals surface area contributed by atoms with E-state index >= 15 is 0 Å². The van der Waals surface area contributed by atoms with E-state index in [2.05, 4.69) is 30.2 Å². The van der Waals surface area contributed by atoms with Crippen molar-refractivity contribution in [3.63, 3.8) is 0 Å². The van der Waals surface area contributed by atoms with Gasteiger partial charge in [0, 0.05) is 12.1 Å². The molecule has 0 saturated carbocycles. The first-order valence-corrected chi connectivity index (χ1v) is 8.64. The van der Waals surface area contributed by atoms with Crippen molar-refractivity contribution in [3.8, 4) is 0 Å². The number of hydrogen-bond donors (Lipinski definition) is 2. The number of nitrogens with zero attached hydrogens (tertiary/aromatic N) is 3. The molecule has 0 saturated heterocycles. The van der Waals surface area contributed by atoms with Crippen molar-refractivity contribution < 1.29 is 28.7 Å². The molecule has 2 aromatic rings. The van der Waals surface area contributed by atoms with Crippen LogP contribution in [0.5, 0.6) is 0 Å². The fraction of sp³-hybridized carbons (Fsp3) is 0.333. The smallest absolute Gasteiger partial charge is 0.337 e. The Bertz CT molecular complexity index is 964. The highest BCUT2D eigenvalue weighted by molar-refractivity contribution is 6.01. The lowest BCUT2D eigenvalue weighted by Crippen LogP contribution is -2.36. The topological polar surface area (TPSA) is 142 Å². The van der Waals surface area contributed by atoms with Crippen molar-refractivity contribution in [1.82, 2.24) is 14.8 Å². The standard InChI is InChI=1S/C18H19N5O6/c1-9-19-18-21-15(25)12(8-23(18)22-9)7-14(24)20-13-5-10(16(26)28-2)4-11(6-13)17(27)29-3/h4-6,12H,7-8H2,1-3H3,(H,20,24)(H,19,21,22,25)/t12-/m0/s1. The van der Waals surface area contributed by atoms with E-state index in [1.807, 2.05) is 0 Å². The summed E-state index contributed by atoms with van der Waals surface area (Å²) in [6, 6.07) is 4.04. The van der Waals surface area contributed by atoms with Crippen molar-refractivity contribution in [1.29, 1.82) is 0 Å². The quantitative estimate of drug-likeness (QED) is 0.699. The van der Waals surface area contributed by atoms with Gasteiger partial charge in [-0.2, -0.15) is 10.1 Å².